The van der Waals surface area contributed by atoms with Crippen molar-refractivity contribution in [2.75, 3.05) is 18.5 Å². The lowest BCUT2D eigenvalue weighted by Crippen LogP contribution is -2.41. The standard InChI is InChI=1S/C22H24N2O6/c1-15(20(25)24-22(27)23-17-6-3-2-4-7-17)30-21(26)16-9-11-18(12-10-16)29-14-19-8-5-13-28-19/h2-4,6-7,9-12,15,19H,5,8,13-14H2,1H3,(H2,23,24,25,27)/t15-,19-/m1/s1. The molecule has 1 aliphatic rings. The highest BCUT2D eigenvalue weighted by Gasteiger charge is 2.21. The summed E-state index contributed by atoms with van der Waals surface area (Å²) in [7, 11) is 0. The number of rotatable bonds is 7. The molecule has 0 bridgehead atoms. The molecule has 158 valence electrons. The fraction of sp³-hybridized carbons (Fsp3) is 0.318. The summed E-state index contributed by atoms with van der Waals surface area (Å²) in [6.07, 6.45) is 0.981. The second-order valence-electron chi connectivity index (χ2n) is 6.83. The largest absolute Gasteiger partial charge is 0.491 e. The highest BCUT2D eigenvalue weighted by molar-refractivity contribution is 6.03. The Kier molecular flexibility index (Phi) is 7.40. The van der Waals surface area contributed by atoms with Crippen molar-refractivity contribution in [3.63, 3.8) is 0 Å². The van der Waals surface area contributed by atoms with Gasteiger partial charge in [-0.1, -0.05) is 18.2 Å². The zero-order chi connectivity index (χ0) is 21.3. The van der Waals surface area contributed by atoms with Crippen LogP contribution in [0.15, 0.2) is 54.6 Å². The minimum absolute atomic E-state index is 0.105. The molecular weight excluding hydrogens is 388 g/mol. The minimum atomic E-state index is -1.14. The topological polar surface area (TPSA) is 103 Å². The van der Waals surface area contributed by atoms with Gasteiger partial charge in [0.15, 0.2) is 6.10 Å². The fourth-order valence-electron chi connectivity index (χ4n) is 2.83. The van der Waals surface area contributed by atoms with Crippen LogP contribution in [0.1, 0.15) is 30.1 Å². The van der Waals surface area contributed by atoms with Crippen molar-refractivity contribution in [3.05, 3.63) is 60.2 Å². The molecule has 8 heteroatoms. The Balaban J connectivity index is 1.44. The fourth-order valence-corrected chi connectivity index (χ4v) is 2.83. The van der Waals surface area contributed by atoms with Crippen molar-refractivity contribution in [2.45, 2.75) is 32.0 Å². The Morgan fingerprint density at radius 3 is 2.50 bits per heavy atom. The lowest BCUT2D eigenvalue weighted by Gasteiger charge is -2.14. The summed E-state index contributed by atoms with van der Waals surface area (Å²) >= 11 is 0. The van der Waals surface area contributed by atoms with Crippen molar-refractivity contribution >= 4 is 23.6 Å². The molecule has 3 rings (SSSR count). The Labute approximate surface area is 174 Å². The van der Waals surface area contributed by atoms with E-state index in [0.29, 0.717) is 18.0 Å². The first kappa shape index (κ1) is 21.3. The maximum absolute atomic E-state index is 12.3. The predicted octanol–water partition coefficient (Wildman–Crippen LogP) is 3.14. The van der Waals surface area contributed by atoms with Gasteiger partial charge in [-0.15, -0.1) is 0 Å². The van der Waals surface area contributed by atoms with E-state index < -0.39 is 24.0 Å². The Hall–Kier alpha value is -3.39. The van der Waals surface area contributed by atoms with E-state index >= 15 is 0 Å². The zero-order valence-electron chi connectivity index (χ0n) is 16.6. The number of hydrogen-bond acceptors (Lipinski definition) is 6. The van der Waals surface area contributed by atoms with Gasteiger partial charge in [0.25, 0.3) is 5.91 Å². The third-order valence-electron chi connectivity index (χ3n) is 4.47. The van der Waals surface area contributed by atoms with Gasteiger partial charge in [-0.25, -0.2) is 9.59 Å². The molecule has 1 fully saturated rings. The lowest BCUT2D eigenvalue weighted by atomic mass is 10.2. The van der Waals surface area contributed by atoms with Gasteiger partial charge >= 0.3 is 12.0 Å². The summed E-state index contributed by atoms with van der Waals surface area (Å²) in [4.78, 5) is 36.2. The highest BCUT2D eigenvalue weighted by atomic mass is 16.5. The van der Waals surface area contributed by atoms with Crippen LogP contribution in [0, 0.1) is 0 Å². The van der Waals surface area contributed by atoms with Crippen molar-refractivity contribution in [2.24, 2.45) is 0 Å². The van der Waals surface area contributed by atoms with Crippen molar-refractivity contribution in [1.29, 1.82) is 0 Å². The van der Waals surface area contributed by atoms with Crippen LogP contribution in [0.25, 0.3) is 0 Å². The lowest BCUT2D eigenvalue weighted by molar-refractivity contribution is -0.127. The van der Waals surface area contributed by atoms with E-state index in [9.17, 15) is 14.4 Å². The SMILES string of the molecule is C[C@@H](OC(=O)c1ccc(OC[C@H]2CCCO2)cc1)C(=O)NC(=O)Nc1ccccc1. The third-order valence-corrected chi connectivity index (χ3v) is 4.47. The van der Waals surface area contributed by atoms with E-state index in [1.165, 1.54) is 6.92 Å². The van der Waals surface area contributed by atoms with Gasteiger partial charge in [0, 0.05) is 12.3 Å². The molecule has 8 nitrogen and oxygen atoms in total. The van der Waals surface area contributed by atoms with Gasteiger partial charge in [-0.2, -0.15) is 0 Å². The van der Waals surface area contributed by atoms with E-state index in [1.54, 1.807) is 54.6 Å². The minimum Gasteiger partial charge on any atom is -0.491 e. The number of esters is 1. The van der Waals surface area contributed by atoms with Crippen molar-refractivity contribution in [3.8, 4) is 5.75 Å². The van der Waals surface area contributed by atoms with Crippen LogP contribution >= 0.6 is 0 Å². The van der Waals surface area contributed by atoms with Crippen molar-refractivity contribution in [1.82, 2.24) is 5.32 Å². The molecule has 1 aliphatic heterocycles. The Morgan fingerprint density at radius 1 is 1.10 bits per heavy atom. The molecule has 2 atom stereocenters. The average Bonchev–Trinajstić information content (AvgIpc) is 3.27. The van der Waals surface area contributed by atoms with E-state index in [1.807, 2.05) is 0 Å². The number of urea groups is 1. The number of benzene rings is 2. The van der Waals surface area contributed by atoms with Crippen LogP contribution in [0.3, 0.4) is 0 Å². The number of imide groups is 1. The number of ether oxygens (including phenoxy) is 3. The van der Waals surface area contributed by atoms with Gasteiger partial charge in [-0.3, -0.25) is 10.1 Å². The summed E-state index contributed by atoms with van der Waals surface area (Å²) in [5.41, 5.74) is 0.808. The van der Waals surface area contributed by atoms with Crippen LogP contribution in [0.5, 0.6) is 5.75 Å². The molecule has 30 heavy (non-hydrogen) atoms. The van der Waals surface area contributed by atoms with Gasteiger partial charge in [0.05, 0.1) is 11.7 Å². The molecule has 0 radical (unpaired) electrons. The van der Waals surface area contributed by atoms with Gasteiger partial charge in [0.2, 0.25) is 0 Å². The Morgan fingerprint density at radius 2 is 1.83 bits per heavy atom. The first-order valence-corrected chi connectivity index (χ1v) is 9.73. The number of carbonyl (C=O) groups excluding carboxylic acids is 3. The number of anilines is 1. The number of carbonyl (C=O) groups is 3. The van der Waals surface area contributed by atoms with E-state index in [0.717, 1.165) is 19.4 Å². The van der Waals surface area contributed by atoms with Crippen LogP contribution < -0.4 is 15.4 Å². The van der Waals surface area contributed by atoms with Crippen LogP contribution in [0.4, 0.5) is 10.5 Å². The molecule has 2 aromatic rings. The summed E-state index contributed by atoms with van der Waals surface area (Å²) in [6, 6.07) is 14.4. The highest BCUT2D eigenvalue weighted by Crippen LogP contribution is 2.17. The number of para-hydroxylation sites is 1. The number of hydrogen-bond donors (Lipinski definition) is 2. The van der Waals surface area contributed by atoms with E-state index in [2.05, 4.69) is 10.6 Å². The zero-order valence-corrected chi connectivity index (χ0v) is 16.6. The van der Waals surface area contributed by atoms with Gasteiger partial charge in [-0.05, 0) is 56.2 Å². The van der Waals surface area contributed by atoms with Gasteiger partial charge < -0.3 is 19.5 Å². The summed E-state index contributed by atoms with van der Waals surface area (Å²) < 4.78 is 16.3. The van der Waals surface area contributed by atoms with Gasteiger partial charge in [0.1, 0.15) is 12.4 Å². The Bertz CT molecular complexity index is 863. The molecule has 1 saturated heterocycles. The number of amides is 3. The molecule has 0 aromatic heterocycles. The molecule has 2 aromatic carbocycles. The molecule has 3 amide bonds. The molecule has 0 saturated carbocycles. The molecule has 0 aliphatic carbocycles. The first-order valence-electron chi connectivity index (χ1n) is 9.73. The van der Waals surface area contributed by atoms with Crippen LogP contribution in [0.2, 0.25) is 0 Å². The monoisotopic (exact) mass is 412 g/mol. The second-order valence-corrected chi connectivity index (χ2v) is 6.83. The second kappa shape index (κ2) is 10.4. The van der Waals surface area contributed by atoms with E-state index in [-0.39, 0.29) is 11.7 Å². The smallest absolute Gasteiger partial charge is 0.338 e. The van der Waals surface area contributed by atoms with E-state index in [4.69, 9.17) is 14.2 Å². The van der Waals surface area contributed by atoms with Crippen LogP contribution in [-0.4, -0.2) is 43.3 Å². The summed E-state index contributed by atoms with van der Waals surface area (Å²) in [5, 5.41) is 4.66. The molecular formula is C22H24N2O6. The predicted molar refractivity (Wildman–Crippen MR) is 109 cm³/mol. The normalized spacial score (nSPS) is 16.4. The third kappa shape index (κ3) is 6.31. The summed E-state index contributed by atoms with van der Waals surface area (Å²) in [6.45, 7) is 2.62. The first-order chi connectivity index (χ1) is 14.5. The molecule has 0 spiro atoms. The maximum atomic E-state index is 12.3. The quantitative estimate of drug-likeness (QED) is 0.678. The molecule has 1 heterocycles. The maximum Gasteiger partial charge on any atom is 0.338 e. The molecule has 2 N–H and O–H groups in total. The molecule has 0 unspecified atom stereocenters. The average molecular weight is 412 g/mol. The number of nitrogens with one attached hydrogen (secondary N) is 2. The van der Waals surface area contributed by atoms with Crippen LogP contribution in [-0.2, 0) is 14.3 Å². The summed E-state index contributed by atoms with van der Waals surface area (Å²) in [5.74, 6) is -0.787. The van der Waals surface area contributed by atoms with Crippen molar-refractivity contribution < 1.29 is 28.6 Å².